The summed E-state index contributed by atoms with van der Waals surface area (Å²) in [4.78, 5) is 40.4. The van der Waals surface area contributed by atoms with Gasteiger partial charge in [0.05, 0.1) is 23.1 Å². The van der Waals surface area contributed by atoms with Crippen LogP contribution in [0.4, 0.5) is 22.7 Å². The average Bonchev–Trinajstić information content (AvgIpc) is 2.89. The number of carbonyl (C=O) groups excluding carboxylic acids is 1. The molecule has 36 heavy (non-hydrogen) atoms. The van der Waals surface area contributed by atoms with E-state index in [4.69, 9.17) is 17.0 Å². The van der Waals surface area contributed by atoms with Gasteiger partial charge in [-0.15, -0.1) is 0 Å². The van der Waals surface area contributed by atoms with E-state index < -0.39 is 10.8 Å². The lowest BCUT2D eigenvalue weighted by molar-refractivity contribution is -0.385. The van der Waals surface area contributed by atoms with Crippen LogP contribution in [0.15, 0.2) is 36.4 Å². The van der Waals surface area contributed by atoms with Crippen LogP contribution >= 0.6 is 12.2 Å². The summed E-state index contributed by atoms with van der Waals surface area (Å²) >= 11 is 5.42. The van der Waals surface area contributed by atoms with Crippen molar-refractivity contribution in [2.75, 3.05) is 62.3 Å². The highest BCUT2D eigenvalue weighted by molar-refractivity contribution is 7.80. The molecule has 1 N–H and O–H groups in total. The highest BCUT2D eigenvalue weighted by Gasteiger charge is 2.26. The highest BCUT2D eigenvalue weighted by Crippen LogP contribution is 2.33. The van der Waals surface area contributed by atoms with Crippen LogP contribution in [0, 0.1) is 27.2 Å². The van der Waals surface area contributed by atoms with Crippen LogP contribution < -0.4 is 15.1 Å². The molecule has 0 spiro atoms. The molecule has 0 unspecified atom stereocenters. The van der Waals surface area contributed by atoms with Gasteiger partial charge in [0.1, 0.15) is 5.69 Å². The van der Waals surface area contributed by atoms with Crippen molar-refractivity contribution in [2.45, 2.75) is 6.92 Å². The van der Waals surface area contributed by atoms with E-state index >= 15 is 0 Å². The zero-order valence-electron chi connectivity index (χ0n) is 19.7. The molecule has 2 aromatic carbocycles. The van der Waals surface area contributed by atoms with Gasteiger partial charge in [-0.2, -0.15) is 0 Å². The highest BCUT2D eigenvalue weighted by atomic mass is 32.1. The number of rotatable bonds is 5. The quantitative estimate of drug-likeness (QED) is 0.360. The van der Waals surface area contributed by atoms with Crippen molar-refractivity contribution in [1.29, 1.82) is 0 Å². The summed E-state index contributed by atoms with van der Waals surface area (Å²) in [6, 6.07) is 9.44. The number of piperazine rings is 1. The standard InChI is InChI=1S/C23H26N6O6S/c1-16-2-3-17(14-20(16)29(33)34)22(30)24-23(36)27-8-6-25(7-9-27)18-4-5-19(28(31)32)21(15-18)26-10-12-35-13-11-26/h2-5,14-15H,6-13H2,1H3,(H,24,30,36). The van der Waals surface area contributed by atoms with E-state index in [1.54, 1.807) is 13.0 Å². The number of thiocarbonyl (C=S) groups is 1. The van der Waals surface area contributed by atoms with E-state index in [1.165, 1.54) is 24.3 Å². The van der Waals surface area contributed by atoms with Gasteiger partial charge in [0.25, 0.3) is 17.3 Å². The number of nitro groups is 2. The largest absolute Gasteiger partial charge is 0.378 e. The molecule has 12 nitrogen and oxygen atoms in total. The summed E-state index contributed by atoms with van der Waals surface area (Å²) in [5.74, 6) is -0.504. The Bertz CT molecular complexity index is 1190. The van der Waals surface area contributed by atoms with Gasteiger partial charge in [-0.05, 0) is 37.3 Å². The zero-order valence-corrected chi connectivity index (χ0v) is 20.5. The molecule has 0 saturated carbocycles. The lowest BCUT2D eigenvalue weighted by Gasteiger charge is -2.37. The Morgan fingerprint density at radius 3 is 2.22 bits per heavy atom. The van der Waals surface area contributed by atoms with Crippen molar-refractivity contribution < 1.29 is 19.4 Å². The Hall–Kier alpha value is -3.84. The molecule has 2 aliphatic rings. The molecule has 0 aromatic heterocycles. The van der Waals surface area contributed by atoms with Crippen LogP contribution in [0.2, 0.25) is 0 Å². The molecule has 190 valence electrons. The minimum absolute atomic E-state index is 0.0690. The molecule has 2 aliphatic heterocycles. The zero-order chi connectivity index (χ0) is 25.8. The van der Waals surface area contributed by atoms with Gasteiger partial charge in [0, 0.05) is 68.2 Å². The Kier molecular flexibility index (Phi) is 7.60. The summed E-state index contributed by atoms with van der Waals surface area (Å²) in [5.41, 5.74) is 2.04. The van der Waals surface area contributed by atoms with Crippen molar-refractivity contribution in [3.8, 4) is 0 Å². The lowest BCUT2D eigenvalue weighted by atomic mass is 10.1. The first-order valence-electron chi connectivity index (χ1n) is 11.5. The van der Waals surface area contributed by atoms with Crippen molar-refractivity contribution in [3.05, 3.63) is 67.8 Å². The van der Waals surface area contributed by atoms with Crippen molar-refractivity contribution in [2.24, 2.45) is 0 Å². The van der Waals surface area contributed by atoms with Crippen molar-refractivity contribution >= 4 is 46.0 Å². The SMILES string of the molecule is Cc1ccc(C(=O)NC(=S)N2CCN(c3ccc([N+](=O)[O-])c(N4CCOCC4)c3)CC2)cc1[N+](=O)[O-]. The number of hydrogen-bond acceptors (Lipinski definition) is 9. The topological polar surface area (TPSA) is 134 Å². The third kappa shape index (κ3) is 5.52. The first-order valence-corrected chi connectivity index (χ1v) is 11.9. The Labute approximate surface area is 212 Å². The Balaban J connectivity index is 1.39. The van der Waals surface area contributed by atoms with Crippen molar-refractivity contribution in [3.63, 3.8) is 0 Å². The minimum Gasteiger partial charge on any atom is -0.378 e. The number of ether oxygens (including phenoxy) is 1. The number of nitro benzene ring substituents is 2. The maximum Gasteiger partial charge on any atom is 0.292 e. The van der Waals surface area contributed by atoms with Gasteiger partial charge in [0.15, 0.2) is 5.11 Å². The van der Waals surface area contributed by atoms with Crippen LogP contribution in [0.5, 0.6) is 0 Å². The fraction of sp³-hybridized carbons (Fsp3) is 0.391. The summed E-state index contributed by atoms with van der Waals surface area (Å²) in [7, 11) is 0. The monoisotopic (exact) mass is 514 g/mol. The number of benzene rings is 2. The predicted molar refractivity (Wildman–Crippen MR) is 138 cm³/mol. The third-order valence-electron chi connectivity index (χ3n) is 6.33. The fourth-order valence-corrected chi connectivity index (χ4v) is 4.56. The number of nitrogens with zero attached hydrogens (tertiary/aromatic N) is 5. The molecule has 4 rings (SSSR count). The smallest absolute Gasteiger partial charge is 0.292 e. The maximum atomic E-state index is 12.6. The predicted octanol–water partition coefficient (Wildman–Crippen LogP) is 2.48. The molecule has 2 fully saturated rings. The number of hydrogen-bond donors (Lipinski definition) is 1. The van der Waals surface area contributed by atoms with E-state index in [2.05, 4.69) is 10.2 Å². The van der Waals surface area contributed by atoms with E-state index in [0.717, 1.165) is 5.69 Å². The normalized spacial score (nSPS) is 16.0. The van der Waals surface area contributed by atoms with Gasteiger partial charge in [0.2, 0.25) is 0 Å². The Morgan fingerprint density at radius 2 is 1.58 bits per heavy atom. The van der Waals surface area contributed by atoms with Gasteiger partial charge < -0.3 is 19.4 Å². The molecule has 0 bridgehead atoms. The second-order valence-corrected chi connectivity index (χ2v) is 8.91. The molecular weight excluding hydrogens is 488 g/mol. The van der Waals surface area contributed by atoms with E-state index in [9.17, 15) is 25.0 Å². The van der Waals surface area contributed by atoms with Gasteiger partial charge in [-0.3, -0.25) is 30.3 Å². The van der Waals surface area contributed by atoms with Gasteiger partial charge in [-0.25, -0.2) is 0 Å². The minimum atomic E-state index is -0.522. The molecule has 2 heterocycles. The number of anilines is 2. The molecule has 13 heteroatoms. The van der Waals surface area contributed by atoms with Crippen LogP contribution in [-0.4, -0.2) is 78.2 Å². The fourth-order valence-electron chi connectivity index (χ4n) is 4.28. The van der Waals surface area contributed by atoms with Crippen LogP contribution in [-0.2, 0) is 4.74 Å². The second kappa shape index (κ2) is 10.8. The molecule has 2 saturated heterocycles. The summed E-state index contributed by atoms with van der Waals surface area (Å²) in [6.45, 7) is 6.14. The Morgan fingerprint density at radius 1 is 0.917 bits per heavy atom. The maximum absolute atomic E-state index is 12.6. The van der Waals surface area contributed by atoms with Crippen LogP contribution in [0.25, 0.3) is 0 Å². The number of nitrogens with one attached hydrogen (secondary N) is 1. The van der Waals surface area contributed by atoms with Gasteiger partial charge in [-0.1, -0.05) is 6.07 Å². The van der Waals surface area contributed by atoms with Gasteiger partial charge >= 0.3 is 0 Å². The van der Waals surface area contributed by atoms with Crippen molar-refractivity contribution in [1.82, 2.24) is 10.2 Å². The molecule has 2 aromatic rings. The number of amides is 1. The van der Waals surface area contributed by atoms with E-state index in [0.29, 0.717) is 63.7 Å². The number of carbonyl (C=O) groups is 1. The molecule has 0 radical (unpaired) electrons. The average molecular weight is 515 g/mol. The summed E-state index contributed by atoms with van der Waals surface area (Å²) in [5, 5.41) is 25.7. The summed E-state index contributed by atoms with van der Waals surface area (Å²) < 4.78 is 5.38. The van der Waals surface area contributed by atoms with Crippen LogP contribution in [0.1, 0.15) is 15.9 Å². The first kappa shape index (κ1) is 25.3. The molecule has 1 amide bonds. The number of aryl methyl sites for hydroxylation is 1. The second-order valence-electron chi connectivity index (χ2n) is 8.52. The first-order chi connectivity index (χ1) is 17.2. The van der Waals surface area contributed by atoms with E-state index in [-0.39, 0.29) is 27.0 Å². The lowest BCUT2D eigenvalue weighted by Crippen LogP contribution is -2.52. The number of morpholine rings is 1. The van der Waals surface area contributed by atoms with Crippen LogP contribution in [0.3, 0.4) is 0 Å². The molecular formula is C23H26N6O6S. The molecule has 0 atom stereocenters. The van der Waals surface area contributed by atoms with E-state index in [1.807, 2.05) is 15.9 Å². The summed E-state index contributed by atoms with van der Waals surface area (Å²) in [6.07, 6.45) is 0. The molecule has 0 aliphatic carbocycles. The third-order valence-corrected chi connectivity index (χ3v) is 6.69.